The maximum atomic E-state index is 10.8. The van der Waals surface area contributed by atoms with Crippen molar-refractivity contribution in [2.24, 2.45) is 0 Å². The Balaban J connectivity index is 2.03. The van der Waals surface area contributed by atoms with Gasteiger partial charge in [-0.15, -0.1) is 0 Å². The third kappa shape index (κ3) is 2.79. The van der Waals surface area contributed by atoms with Crippen molar-refractivity contribution in [3.63, 3.8) is 0 Å². The average molecular weight is 324 g/mol. The molecule has 1 N–H and O–H groups in total. The number of fused-ring (bicyclic) bond motifs is 1. The molecule has 2 aromatic rings. The summed E-state index contributed by atoms with van der Waals surface area (Å²) in [5.74, 6) is 0.963. The lowest BCUT2D eigenvalue weighted by Gasteiger charge is -2.02. The number of hydrogen-bond donors (Lipinski definition) is 1. The van der Waals surface area contributed by atoms with Crippen LogP contribution in [-0.2, 0) is 10.9 Å². The zero-order valence-corrected chi connectivity index (χ0v) is 13.3. The molecule has 0 aromatic heterocycles. The largest absolute Gasteiger partial charge is 0.311 e. The zero-order chi connectivity index (χ0) is 16.4. The molecule has 5 nitrogen and oxygen atoms in total. The van der Waals surface area contributed by atoms with Crippen LogP contribution < -0.4 is 5.32 Å². The number of non-ortho nitro benzene ring substituents is 1. The van der Waals surface area contributed by atoms with Crippen LogP contribution in [0.2, 0.25) is 0 Å². The first-order valence-electron chi connectivity index (χ1n) is 7.11. The smallest absolute Gasteiger partial charge is 0.270 e. The minimum atomic E-state index is -0.488. The van der Waals surface area contributed by atoms with E-state index in [1.807, 2.05) is 30.3 Å². The molecule has 0 bridgehead atoms. The van der Waals surface area contributed by atoms with Gasteiger partial charge in [-0.05, 0) is 30.7 Å². The summed E-state index contributed by atoms with van der Waals surface area (Å²) in [7, 11) is -0.0652. The molecule has 0 radical (unpaired) electrons. The molecule has 114 valence electrons. The van der Waals surface area contributed by atoms with Gasteiger partial charge in [0.1, 0.15) is 11.8 Å². The molecule has 1 unspecified atom stereocenters. The first kappa shape index (κ1) is 15.1. The highest BCUT2D eigenvalue weighted by molar-refractivity contribution is 8.01. The Hall–Kier alpha value is -2.78. The number of hydrogen-bond acceptors (Lipinski definition) is 4. The van der Waals surface area contributed by atoms with Crippen molar-refractivity contribution in [2.75, 3.05) is 11.1 Å². The number of nitriles is 1. The SMILES string of the molecule is CC[S+]1C(=Cc2ccc([N+](=O)[O-])cc2C#N)Nc2ccccc21. The van der Waals surface area contributed by atoms with Gasteiger partial charge in [-0.1, -0.05) is 12.1 Å². The third-order valence-electron chi connectivity index (χ3n) is 3.62. The van der Waals surface area contributed by atoms with E-state index in [4.69, 9.17) is 0 Å². The molecule has 2 aromatic carbocycles. The van der Waals surface area contributed by atoms with Gasteiger partial charge in [0.2, 0.25) is 5.03 Å². The second kappa shape index (κ2) is 6.15. The number of anilines is 1. The van der Waals surface area contributed by atoms with E-state index in [0.29, 0.717) is 11.1 Å². The van der Waals surface area contributed by atoms with E-state index in [1.54, 1.807) is 6.07 Å². The summed E-state index contributed by atoms with van der Waals surface area (Å²) in [6, 6.07) is 14.6. The minimum Gasteiger partial charge on any atom is -0.311 e. The predicted octanol–water partition coefficient (Wildman–Crippen LogP) is 3.89. The second-order valence-corrected chi connectivity index (χ2v) is 7.19. The first-order chi connectivity index (χ1) is 11.1. The van der Waals surface area contributed by atoms with Gasteiger partial charge >= 0.3 is 0 Å². The van der Waals surface area contributed by atoms with Crippen molar-refractivity contribution in [1.82, 2.24) is 0 Å². The van der Waals surface area contributed by atoms with E-state index in [9.17, 15) is 15.4 Å². The fourth-order valence-corrected chi connectivity index (χ4v) is 4.53. The summed E-state index contributed by atoms with van der Waals surface area (Å²) >= 11 is 0. The Morgan fingerprint density at radius 1 is 1.35 bits per heavy atom. The lowest BCUT2D eigenvalue weighted by Crippen LogP contribution is -2.06. The molecule has 1 aliphatic heterocycles. The summed E-state index contributed by atoms with van der Waals surface area (Å²) in [5, 5.41) is 24.6. The van der Waals surface area contributed by atoms with E-state index in [-0.39, 0.29) is 16.6 Å². The third-order valence-corrected chi connectivity index (χ3v) is 5.83. The molecule has 3 rings (SSSR count). The van der Waals surface area contributed by atoms with Crippen molar-refractivity contribution in [2.45, 2.75) is 11.8 Å². The molecule has 1 heterocycles. The van der Waals surface area contributed by atoms with Crippen LogP contribution in [0.1, 0.15) is 18.1 Å². The second-order valence-electron chi connectivity index (χ2n) is 4.95. The lowest BCUT2D eigenvalue weighted by molar-refractivity contribution is -0.384. The number of nitro benzene ring substituents is 1. The Morgan fingerprint density at radius 3 is 2.83 bits per heavy atom. The van der Waals surface area contributed by atoms with Gasteiger partial charge in [-0.2, -0.15) is 5.26 Å². The molecule has 0 spiro atoms. The fraction of sp³-hybridized carbons (Fsp3) is 0.118. The van der Waals surface area contributed by atoms with Crippen LogP contribution in [0.25, 0.3) is 6.08 Å². The quantitative estimate of drug-likeness (QED) is 0.528. The van der Waals surface area contributed by atoms with Crippen LogP contribution in [-0.4, -0.2) is 10.7 Å². The Labute approximate surface area is 136 Å². The lowest BCUT2D eigenvalue weighted by atomic mass is 10.1. The number of rotatable bonds is 3. The molecule has 23 heavy (non-hydrogen) atoms. The molecule has 6 heteroatoms. The number of nitrogens with zero attached hydrogens (tertiary/aromatic N) is 2. The van der Waals surface area contributed by atoms with Gasteiger partial charge in [0.25, 0.3) is 5.69 Å². The molecule has 0 saturated carbocycles. The highest BCUT2D eigenvalue weighted by Gasteiger charge is 2.36. The van der Waals surface area contributed by atoms with Gasteiger partial charge < -0.3 is 5.32 Å². The van der Waals surface area contributed by atoms with Crippen LogP contribution in [0.15, 0.2) is 52.4 Å². The summed E-state index contributed by atoms with van der Waals surface area (Å²) in [6.07, 6.45) is 1.93. The van der Waals surface area contributed by atoms with Crippen LogP contribution in [0.5, 0.6) is 0 Å². The highest BCUT2D eigenvalue weighted by atomic mass is 32.2. The van der Waals surface area contributed by atoms with Crippen LogP contribution in [0.4, 0.5) is 11.4 Å². The first-order valence-corrected chi connectivity index (χ1v) is 8.50. The van der Waals surface area contributed by atoms with Gasteiger partial charge in [0.15, 0.2) is 4.90 Å². The van der Waals surface area contributed by atoms with Crippen molar-refractivity contribution >= 4 is 28.3 Å². The van der Waals surface area contributed by atoms with Crippen molar-refractivity contribution in [1.29, 1.82) is 5.26 Å². The van der Waals surface area contributed by atoms with Gasteiger partial charge in [-0.25, -0.2) is 0 Å². The summed E-state index contributed by atoms with van der Waals surface area (Å²) in [6.45, 7) is 2.13. The standard InChI is InChI=1S/C17H14N3O2S/c1-2-23-16-6-4-3-5-15(16)19-17(23)10-12-7-8-14(20(21)22)9-13(12)11-18/h3-10,19H,2H2,1H3/q+1. The highest BCUT2D eigenvalue weighted by Crippen LogP contribution is 2.37. The summed E-state index contributed by atoms with van der Waals surface area (Å²) in [5.41, 5.74) is 2.02. The summed E-state index contributed by atoms with van der Waals surface area (Å²) in [4.78, 5) is 11.6. The predicted molar refractivity (Wildman–Crippen MR) is 92.0 cm³/mol. The molecule has 0 amide bonds. The van der Waals surface area contributed by atoms with Crippen LogP contribution in [0.3, 0.4) is 0 Å². The van der Waals surface area contributed by atoms with E-state index in [2.05, 4.69) is 18.3 Å². The van der Waals surface area contributed by atoms with Crippen molar-refractivity contribution in [3.8, 4) is 6.07 Å². The molecule has 1 atom stereocenters. The summed E-state index contributed by atoms with van der Waals surface area (Å²) < 4.78 is 0. The maximum absolute atomic E-state index is 10.8. The maximum Gasteiger partial charge on any atom is 0.270 e. The fourth-order valence-electron chi connectivity index (χ4n) is 2.54. The van der Waals surface area contributed by atoms with Gasteiger partial charge in [0.05, 0.1) is 27.1 Å². The van der Waals surface area contributed by atoms with E-state index in [1.165, 1.54) is 17.0 Å². The Morgan fingerprint density at radius 2 is 2.13 bits per heavy atom. The van der Waals surface area contributed by atoms with E-state index in [0.717, 1.165) is 16.5 Å². The molecule has 0 saturated heterocycles. The molecule has 0 aliphatic carbocycles. The number of nitro groups is 1. The zero-order valence-electron chi connectivity index (χ0n) is 12.4. The number of para-hydroxylation sites is 1. The van der Waals surface area contributed by atoms with E-state index < -0.39 is 4.92 Å². The van der Waals surface area contributed by atoms with E-state index >= 15 is 0 Å². The van der Waals surface area contributed by atoms with Crippen LogP contribution >= 0.6 is 0 Å². The normalized spacial score (nSPS) is 17.4. The monoisotopic (exact) mass is 324 g/mol. The van der Waals surface area contributed by atoms with Gasteiger partial charge in [-0.3, -0.25) is 10.1 Å². The molecule has 0 fully saturated rings. The molecular formula is C17H14N3O2S+. The minimum absolute atomic E-state index is 0.0652. The molecular weight excluding hydrogens is 310 g/mol. The molecule has 1 aliphatic rings. The van der Waals surface area contributed by atoms with Gasteiger partial charge in [0, 0.05) is 18.2 Å². The van der Waals surface area contributed by atoms with Crippen molar-refractivity contribution < 1.29 is 4.92 Å². The van der Waals surface area contributed by atoms with Crippen LogP contribution in [0, 0.1) is 21.4 Å². The Bertz CT molecular complexity index is 855. The van der Waals surface area contributed by atoms with Crippen molar-refractivity contribution in [3.05, 3.63) is 68.7 Å². The number of nitrogens with one attached hydrogen (secondary N) is 1. The average Bonchev–Trinajstić information content (AvgIpc) is 2.92. The Kier molecular flexibility index (Phi) is 4.04. The topological polar surface area (TPSA) is 79.0 Å². The number of benzene rings is 2.